The molecule has 0 bridgehead atoms. The number of fused-ring (bicyclic) bond motifs is 1. The maximum Gasteiger partial charge on any atom is 0.264 e. The van der Waals surface area contributed by atoms with Crippen LogP contribution in [0.4, 0.5) is 0 Å². The van der Waals surface area contributed by atoms with Crippen LogP contribution in [0, 0.1) is 6.92 Å². The first-order valence-corrected chi connectivity index (χ1v) is 9.25. The number of aryl methyl sites for hydroxylation is 1. The molecule has 0 aliphatic carbocycles. The lowest BCUT2D eigenvalue weighted by molar-refractivity contribution is -0.130. The number of amides is 1. The van der Waals surface area contributed by atoms with Crippen LogP contribution in [-0.2, 0) is 9.53 Å². The van der Waals surface area contributed by atoms with Crippen LogP contribution in [0.3, 0.4) is 0 Å². The average molecular weight is 372 g/mol. The number of benzene rings is 1. The number of hydrogen-bond donors (Lipinski definition) is 1. The summed E-state index contributed by atoms with van der Waals surface area (Å²) in [4.78, 5) is 14.9. The van der Waals surface area contributed by atoms with Gasteiger partial charge in [-0.25, -0.2) is 0 Å². The fraction of sp³-hybridized carbons (Fsp3) is 0.450. The number of carbonyl (C=O) groups is 1. The third-order valence-electron chi connectivity index (χ3n) is 4.85. The topological polar surface area (TPSA) is 73.2 Å². The first-order chi connectivity index (χ1) is 13.2. The maximum absolute atomic E-state index is 12.6. The lowest BCUT2D eigenvalue weighted by Gasteiger charge is -2.34. The summed E-state index contributed by atoms with van der Waals surface area (Å²) in [6.07, 6.45) is -0.663. The van der Waals surface area contributed by atoms with E-state index < -0.39 is 6.10 Å². The van der Waals surface area contributed by atoms with Gasteiger partial charge in [0.15, 0.2) is 11.5 Å². The summed E-state index contributed by atoms with van der Waals surface area (Å²) in [7, 11) is 0. The number of hydrogen-bond acceptors (Lipinski definition) is 6. The van der Waals surface area contributed by atoms with Crippen LogP contribution in [0.2, 0.25) is 0 Å². The molecule has 2 unspecified atom stereocenters. The van der Waals surface area contributed by atoms with Gasteiger partial charge in [0.2, 0.25) is 6.10 Å². The van der Waals surface area contributed by atoms with Crippen LogP contribution in [0.5, 0.6) is 11.5 Å². The first-order valence-electron chi connectivity index (χ1n) is 9.25. The molecule has 1 aromatic carbocycles. The monoisotopic (exact) mass is 372 g/mol. The van der Waals surface area contributed by atoms with Gasteiger partial charge in [-0.2, -0.15) is 0 Å². The fourth-order valence-electron chi connectivity index (χ4n) is 3.39. The van der Waals surface area contributed by atoms with E-state index in [1.807, 2.05) is 37.3 Å². The molecule has 2 aliphatic heterocycles. The van der Waals surface area contributed by atoms with Crippen molar-refractivity contribution in [1.82, 2.24) is 10.2 Å². The van der Waals surface area contributed by atoms with Crippen molar-refractivity contribution in [2.75, 3.05) is 39.5 Å². The molecule has 144 valence electrons. The first kappa shape index (κ1) is 17.9. The SMILES string of the molecule is Cc1ccc(C(CNC(=O)C2COc3ccccc3O2)N2CCOCC2)o1. The largest absolute Gasteiger partial charge is 0.485 e. The summed E-state index contributed by atoms with van der Waals surface area (Å²) >= 11 is 0. The number of morpholine rings is 1. The Kier molecular flexibility index (Phi) is 5.31. The highest BCUT2D eigenvalue weighted by Gasteiger charge is 2.30. The van der Waals surface area contributed by atoms with E-state index in [9.17, 15) is 4.79 Å². The van der Waals surface area contributed by atoms with Gasteiger partial charge in [0.05, 0.1) is 19.3 Å². The zero-order valence-electron chi connectivity index (χ0n) is 15.3. The van der Waals surface area contributed by atoms with Crippen LogP contribution >= 0.6 is 0 Å². The normalized spacial score (nSPS) is 20.9. The number of carbonyl (C=O) groups excluding carboxylic acids is 1. The van der Waals surface area contributed by atoms with Gasteiger partial charge < -0.3 is 23.9 Å². The number of para-hydroxylation sites is 2. The highest BCUT2D eigenvalue weighted by atomic mass is 16.6. The minimum Gasteiger partial charge on any atom is -0.485 e. The highest BCUT2D eigenvalue weighted by molar-refractivity contribution is 5.81. The summed E-state index contributed by atoms with van der Waals surface area (Å²) < 4.78 is 22.7. The predicted octanol–water partition coefficient (Wildman–Crippen LogP) is 1.92. The standard InChI is InChI=1S/C20H24N2O5/c1-14-6-7-16(26-14)15(22-8-10-24-11-9-22)12-21-20(23)19-13-25-17-4-2-3-5-18(17)27-19/h2-7,15,19H,8-13H2,1H3,(H,21,23). The van der Waals surface area contributed by atoms with Crippen LogP contribution in [-0.4, -0.2) is 56.4 Å². The van der Waals surface area contributed by atoms with Crippen LogP contribution in [0.25, 0.3) is 0 Å². The van der Waals surface area contributed by atoms with E-state index in [1.165, 1.54) is 0 Å². The van der Waals surface area contributed by atoms with Gasteiger partial charge in [0.1, 0.15) is 18.1 Å². The lowest BCUT2D eigenvalue weighted by Crippen LogP contribution is -2.48. The number of nitrogens with zero attached hydrogens (tertiary/aromatic N) is 1. The molecule has 2 aliphatic rings. The molecular weight excluding hydrogens is 348 g/mol. The quantitative estimate of drug-likeness (QED) is 0.865. The van der Waals surface area contributed by atoms with Crippen molar-refractivity contribution in [1.29, 1.82) is 0 Å². The van der Waals surface area contributed by atoms with Gasteiger partial charge in [-0.3, -0.25) is 9.69 Å². The van der Waals surface area contributed by atoms with Gasteiger partial charge in [-0.05, 0) is 31.2 Å². The van der Waals surface area contributed by atoms with E-state index in [-0.39, 0.29) is 18.6 Å². The second-order valence-corrected chi connectivity index (χ2v) is 6.72. The Hall–Kier alpha value is -2.51. The molecule has 4 rings (SSSR count). The molecular formula is C20H24N2O5. The van der Waals surface area contributed by atoms with Gasteiger partial charge in [-0.1, -0.05) is 12.1 Å². The minimum absolute atomic E-state index is 0.0386. The van der Waals surface area contributed by atoms with Gasteiger partial charge in [0, 0.05) is 19.6 Å². The molecule has 2 atom stereocenters. The number of furan rings is 1. The van der Waals surface area contributed by atoms with E-state index in [0.717, 1.165) is 24.6 Å². The Morgan fingerprint density at radius 2 is 1.96 bits per heavy atom. The van der Waals surface area contributed by atoms with Crippen molar-refractivity contribution in [2.45, 2.75) is 19.1 Å². The zero-order chi connectivity index (χ0) is 18.6. The van der Waals surface area contributed by atoms with Gasteiger partial charge in [0.25, 0.3) is 5.91 Å². The Balaban J connectivity index is 1.40. The number of rotatable bonds is 5. The van der Waals surface area contributed by atoms with Gasteiger partial charge in [-0.15, -0.1) is 0 Å². The molecule has 7 heteroatoms. The Labute approximate surface area is 158 Å². The zero-order valence-corrected chi connectivity index (χ0v) is 15.3. The van der Waals surface area contributed by atoms with E-state index in [2.05, 4.69) is 10.2 Å². The summed E-state index contributed by atoms with van der Waals surface area (Å²) in [5.74, 6) is 2.77. The molecule has 1 saturated heterocycles. The molecule has 1 amide bonds. The van der Waals surface area contributed by atoms with Crippen molar-refractivity contribution in [3.8, 4) is 11.5 Å². The second kappa shape index (κ2) is 8.02. The van der Waals surface area contributed by atoms with E-state index >= 15 is 0 Å². The highest BCUT2D eigenvalue weighted by Crippen LogP contribution is 2.31. The third kappa shape index (κ3) is 4.09. The molecule has 0 spiro atoms. The van der Waals surface area contributed by atoms with Crippen molar-refractivity contribution in [3.05, 3.63) is 47.9 Å². The van der Waals surface area contributed by atoms with Crippen molar-refractivity contribution >= 4 is 5.91 Å². The van der Waals surface area contributed by atoms with Crippen LogP contribution < -0.4 is 14.8 Å². The lowest BCUT2D eigenvalue weighted by atomic mass is 10.1. The smallest absolute Gasteiger partial charge is 0.264 e. The summed E-state index contributed by atoms with van der Waals surface area (Å²) in [6.45, 7) is 5.52. The van der Waals surface area contributed by atoms with Crippen molar-refractivity contribution in [3.63, 3.8) is 0 Å². The van der Waals surface area contributed by atoms with Crippen LogP contribution in [0.1, 0.15) is 17.6 Å². The average Bonchev–Trinajstić information content (AvgIpc) is 3.14. The van der Waals surface area contributed by atoms with E-state index in [1.54, 1.807) is 6.07 Å². The molecule has 1 aromatic heterocycles. The molecule has 27 heavy (non-hydrogen) atoms. The molecule has 1 fully saturated rings. The summed E-state index contributed by atoms with van der Waals surface area (Å²) in [5.41, 5.74) is 0. The second-order valence-electron chi connectivity index (χ2n) is 6.72. The Bertz CT molecular complexity index is 784. The summed E-state index contributed by atoms with van der Waals surface area (Å²) in [6, 6.07) is 11.2. The van der Waals surface area contributed by atoms with E-state index in [4.69, 9.17) is 18.6 Å². The Morgan fingerprint density at radius 3 is 2.70 bits per heavy atom. The molecule has 0 radical (unpaired) electrons. The van der Waals surface area contributed by atoms with Crippen molar-refractivity contribution in [2.24, 2.45) is 0 Å². The third-order valence-corrected chi connectivity index (χ3v) is 4.85. The molecule has 0 saturated carbocycles. The van der Waals surface area contributed by atoms with E-state index in [0.29, 0.717) is 31.3 Å². The van der Waals surface area contributed by atoms with Crippen LogP contribution in [0.15, 0.2) is 40.8 Å². The molecule has 3 heterocycles. The fourth-order valence-corrected chi connectivity index (χ4v) is 3.39. The number of ether oxygens (including phenoxy) is 3. The summed E-state index contributed by atoms with van der Waals surface area (Å²) in [5, 5.41) is 3.00. The molecule has 2 aromatic rings. The Morgan fingerprint density at radius 1 is 1.19 bits per heavy atom. The maximum atomic E-state index is 12.6. The predicted molar refractivity (Wildman–Crippen MR) is 97.9 cm³/mol. The number of nitrogens with one attached hydrogen (secondary N) is 1. The molecule has 7 nitrogen and oxygen atoms in total. The minimum atomic E-state index is -0.663. The molecule has 1 N–H and O–H groups in total. The van der Waals surface area contributed by atoms with Crippen molar-refractivity contribution < 1.29 is 23.4 Å². The van der Waals surface area contributed by atoms with Gasteiger partial charge >= 0.3 is 0 Å².